The van der Waals surface area contributed by atoms with Gasteiger partial charge >= 0.3 is 0 Å². The Hall–Kier alpha value is -4.46. The summed E-state index contributed by atoms with van der Waals surface area (Å²) in [4.78, 5) is 21.9. The number of ether oxygens (including phenoxy) is 1. The second kappa shape index (κ2) is 8.96. The van der Waals surface area contributed by atoms with Crippen molar-refractivity contribution in [2.45, 2.75) is 6.42 Å². The maximum atomic E-state index is 13.0. The van der Waals surface area contributed by atoms with Crippen molar-refractivity contribution in [1.29, 1.82) is 0 Å². The van der Waals surface area contributed by atoms with Gasteiger partial charge in [-0.3, -0.25) is 14.2 Å². The first kappa shape index (κ1) is 20.4. The average molecular weight is 438 g/mol. The van der Waals surface area contributed by atoms with Crippen molar-refractivity contribution in [2.24, 2.45) is 0 Å². The van der Waals surface area contributed by atoms with Crippen molar-refractivity contribution >= 4 is 11.4 Å². The van der Waals surface area contributed by atoms with Crippen LogP contribution < -0.4 is 10.1 Å². The van der Waals surface area contributed by atoms with E-state index in [1.165, 1.54) is 5.56 Å². The summed E-state index contributed by atoms with van der Waals surface area (Å²) in [5, 5.41) is 7.45. The molecule has 0 radical (unpaired) electrons. The summed E-state index contributed by atoms with van der Waals surface area (Å²) in [6, 6.07) is 19.5. The molecule has 0 fully saturated rings. The Balaban J connectivity index is 1.46. The molecule has 0 atom stereocenters. The smallest absolute Gasteiger partial charge is 0.272 e. The molecular formula is C25H22N6O2. The van der Waals surface area contributed by atoms with Gasteiger partial charge in [0.05, 0.1) is 30.7 Å². The molecule has 0 saturated carbocycles. The summed E-state index contributed by atoms with van der Waals surface area (Å²) < 4.78 is 8.89. The number of carbonyl (C=O) groups excluding carboxylic acids is 1. The number of imidazole rings is 1. The van der Waals surface area contributed by atoms with Crippen LogP contribution >= 0.6 is 0 Å². The number of hydrogen-bond acceptors (Lipinski definition) is 5. The van der Waals surface area contributed by atoms with Gasteiger partial charge in [-0.05, 0) is 42.3 Å². The quantitative estimate of drug-likeness (QED) is 0.420. The van der Waals surface area contributed by atoms with Crippen LogP contribution in [0, 0.1) is 0 Å². The second-order valence-corrected chi connectivity index (χ2v) is 7.43. The van der Waals surface area contributed by atoms with Gasteiger partial charge in [0.25, 0.3) is 5.91 Å². The lowest BCUT2D eigenvalue weighted by molar-refractivity contribution is 0.0951. The maximum Gasteiger partial charge on any atom is 0.272 e. The van der Waals surface area contributed by atoms with Crippen molar-refractivity contribution in [1.82, 2.24) is 29.5 Å². The van der Waals surface area contributed by atoms with Gasteiger partial charge < -0.3 is 10.1 Å². The van der Waals surface area contributed by atoms with Gasteiger partial charge in [-0.15, -0.1) is 0 Å². The minimum atomic E-state index is -0.238. The van der Waals surface area contributed by atoms with E-state index in [4.69, 9.17) is 9.72 Å². The zero-order chi connectivity index (χ0) is 22.6. The SMILES string of the molecule is COc1ccc(-n2nccc2-c2nc(C(=O)NCCc3ccccc3)c3cnccn23)cc1. The Morgan fingerprint density at radius 2 is 1.85 bits per heavy atom. The first-order valence-electron chi connectivity index (χ1n) is 10.6. The molecule has 5 aromatic rings. The highest BCUT2D eigenvalue weighted by molar-refractivity contribution is 5.99. The molecule has 0 aliphatic heterocycles. The van der Waals surface area contributed by atoms with Crippen LogP contribution in [0.5, 0.6) is 5.75 Å². The van der Waals surface area contributed by atoms with Crippen molar-refractivity contribution in [2.75, 3.05) is 13.7 Å². The minimum Gasteiger partial charge on any atom is -0.497 e. The van der Waals surface area contributed by atoms with E-state index in [2.05, 4.69) is 15.4 Å². The van der Waals surface area contributed by atoms with Gasteiger partial charge in [-0.1, -0.05) is 30.3 Å². The molecule has 8 nitrogen and oxygen atoms in total. The lowest BCUT2D eigenvalue weighted by atomic mass is 10.1. The van der Waals surface area contributed by atoms with Crippen LogP contribution in [0.15, 0.2) is 85.5 Å². The minimum absolute atomic E-state index is 0.238. The van der Waals surface area contributed by atoms with Crippen LogP contribution in [0.2, 0.25) is 0 Å². The highest BCUT2D eigenvalue weighted by atomic mass is 16.5. The predicted molar refractivity (Wildman–Crippen MR) is 125 cm³/mol. The first-order chi connectivity index (χ1) is 16.2. The number of nitrogens with one attached hydrogen (secondary N) is 1. The molecular weight excluding hydrogens is 416 g/mol. The van der Waals surface area contributed by atoms with Crippen LogP contribution in [0.25, 0.3) is 22.7 Å². The molecule has 164 valence electrons. The third kappa shape index (κ3) is 4.06. The Morgan fingerprint density at radius 1 is 1.03 bits per heavy atom. The number of amides is 1. The summed E-state index contributed by atoms with van der Waals surface area (Å²) in [6.45, 7) is 0.515. The molecule has 5 rings (SSSR count). The van der Waals surface area contributed by atoms with E-state index in [0.717, 1.165) is 23.6 Å². The molecule has 3 aromatic heterocycles. The summed E-state index contributed by atoms with van der Waals surface area (Å²) in [7, 11) is 1.63. The maximum absolute atomic E-state index is 13.0. The molecule has 0 aliphatic rings. The Kier molecular flexibility index (Phi) is 5.55. The predicted octanol–water partition coefficient (Wildman–Crippen LogP) is 3.56. The molecule has 0 aliphatic carbocycles. The van der Waals surface area contributed by atoms with E-state index in [1.54, 1.807) is 36.6 Å². The summed E-state index contributed by atoms with van der Waals surface area (Å²) in [5.41, 5.74) is 3.74. The fourth-order valence-corrected chi connectivity index (χ4v) is 3.74. The molecule has 0 saturated heterocycles. The molecule has 3 heterocycles. The molecule has 0 bridgehead atoms. The fraction of sp³-hybridized carbons (Fsp3) is 0.120. The molecule has 33 heavy (non-hydrogen) atoms. The van der Waals surface area contributed by atoms with Crippen molar-refractivity contribution in [3.8, 4) is 23.0 Å². The van der Waals surface area contributed by atoms with Crippen LogP contribution in [-0.4, -0.2) is 43.7 Å². The average Bonchev–Trinajstić information content (AvgIpc) is 3.50. The van der Waals surface area contributed by atoms with Crippen LogP contribution in [-0.2, 0) is 6.42 Å². The topological polar surface area (TPSA) is 86.3 Å². The largest absolute Gasteiger partial charge is 0.497 e. The summed E-state index contributed by atoms with van der Waals surface area (Å²) in [5.74, 6) is 1.13. The number of rotatable bonds is 7. The normalized spacial score (nSPS) is 10.9. The molecule has 0 spiro atoms. The van der Waals surface area contributed by atoms with E-state index in [1.807, 2.05) is 65.1 Å². The van der Waals surface area contributed by atoms with Crippen LogP contribution in [0.1, 0.15) is 16.1 Å². The van der Waals surface area contributed by atoms with E-state index < -0.39 is 0 Å². The Labute approximate surface area is 190 Å². The lowest BCUT2D eigenvalue weighted by Crippen LogP contribution is -2.26. The Morgan fingerprint density at radius 3 is 2.64 bits per heavy atom. The van der Waals surface area contributed by atoms with Gasteiger partial charge in [0.15, 0.2) is 11.5 Å². The second-order valence-electron chi connectivity index (χ2n) is 7.43. The van der Waals surface area contributed by atoms with E-state index in [9.17, 15) is 4.79 Å². The van der Waals surface area contributed by atoms with Gasteiger partial charge in [-0.25, -0.2) is 9.67 Å². The summed E-state index contributed by atoms with van der Waals surface area (Å²) >= 11 is 0. The molecule has 2 aromatic carbocycles. The fourth-order valence-electron chi connectivity index (χ4n) is 3.74. The molecule has 1 N–H and O–H groups in total. The van der Waals surface area contributed by atoms with Gasteiger partial charge in [-0.2, -0.15) is 5.10 Å². The zero-order valence-corrected chi connectivity index (χ0v) is 18.0. The lowest BCUT2D eigenvalue weighted by Gasteiger charge is -2.08. The third-order valence-corrected chi connectivity index (χ3v) is 5.39. The first-order valence-corrected chi connectivity index (χ1v) is 10.6. The van der Waals surface area contributed by atoms with Crippen molar-refractivity contribution in [3.63, 3.8) is 0 Å². The van der Waals surface area contributed by atoms with Crippen molar-refractivity contribution in [3.05, 3.63) is 96.7 Å². The molecule has 0 unspecified atom stereocenters. The van der Waals surface area contributed by atoms with Gasteiger partial charge in [0.1, 0.15) is 11.4 Å². The summed E-state index contributed by atoms with van der Waals surface area (Å²) in [6.07, 6.45) is 7.57. The van der Waals surface area contributed by atoms with Crippen molar-refractivity contribution < 1.29 is 9.53 Å². The van der Waals surface area contributed by atoms with Crippen LogP contribution in [0.4, 0.5) is 0 Å². The highest BCUT2D eigenvalue weighted by Crippen LogP contribution is 2.25. The van der Waals surface area contributed by atoms with E-state index in [-0.39, 0.29) is 5.91 Å². The number of carbonyl (C=O) groups is 1. The number of fused-ring (bicyclic) bond motifs is 1. The van der Waals surface area contributed by atoms with E-state index in [0.29, 0.717) is 23.6 Å². The monoisotopic (exact) mass is 438 g/mol. The van der Waals surface area contributed by atoms with E-state index >= 15 is 0 Å². The molecule has 1 amide bonds. The van der Waals surface area contributed by atoms with Crippen LogP contribution in [0.3, 0.4) is 0 Å². The number of hydrogen-bond donors (Lipinski definition) is 1. The Bertz CT molecular complexity index is 1390. The molecule has 8 heteroatoms. The number of nitrogens with zero attached hydrogens (tertiary/aromatic N) is 5. The highest BCUT2D eigenvalue weighted by Gasteiger charge is 2.21. The number of aromatic nitrogens is 5. The van der Waals surface area contributed by atoms with Gasteiger partial charge in [0.2, 0.25) is 0 Å². The third-order valence-electron chi connectivity index (χ3n) is 5.39. The standard InChI is InChI=1S/C25H22N6O2/c1-33-20-9-7-19(8-10-20)31-21(12-14-28-31)24-29-23(22-17-26-15-16-30(22)24)25(32)27-13-11-18-5-3-2-4-6-18/h2-10,12,14-17H,11,13H2,1H3,(H,27,32). The zero-order valence-electron chi connectivity index (χ0n) is 18.0. The number of benzene rings is 2. The van der Waals surface area contributed by atoms with Gasteiger partial charge in [0, 0.05) is 18.9 Å². The number of methoxy groups -OCH3 is 1.